The van der Waals surface area contributed by atoms with Crippen LogP contribution in [0, 0.1) is 5.92 Å². The summed E-state index contributed by atoms with van der Waals surface area (Å²) in [4.78, 5) is 117. The molecule has 2 heterocycles. The fourth-order valence-electron chi connectivity index (χ4n) is 6.78. The van der Waals surface area contributed by atoms with Crippen LogP contribution < -0.4 is 31.9 Å². The second-order valence-electron chi connectivity index (χ2n) is 15.3. The number of amides is 7. The number of anilines is 1. The molecule has 0 spiro atoms. The molecule has 0 bridgehead atoms. The van der Waals surface area contributed by atoms with Gasteiger partial charge in [-0.2, -0.15) is 0 Å². The number of aliphatic carboxylic acids is 1. The van der Waals surface area contributed by atoms with Gasteiger partial charge in [0.25, 0.3) is 0 Å². The summed E-state index contributed by atoms with van der Waals surface area (Å²) in [5.74, 6) is -0.00359. The Morgan fingerprint density at radius 2 is 1.79 bits per heavy atom. The molecule has 3 rings (SSSR count). The van der Waals surface area contributed by atoms with Crippen molar-refractivity contribution < 1.29 is 82.5 Å². The number of aromatic nitrogens is 1. The average molecular weight is 984 g/mol. The molecular formula is C41H61N9O17S. The lowest BCUT2D eigenvalue weighted by Crippen LogP contribution is -2.49. The number of methoxy groups -OCH3 is 1. The highest BCUT2D eigenvalue weighted by molar-refractivity contribution is 7.09. The number of carbonyl (C=O) groups is 8. The summed E-state index contributed by atoms with van der Waals surface area (Å²) in [5, 5.41) is 40.5. The molecule has 1 unspecified atom stereocenters. The van der Waals surface area contributed by atoms with Crippen LogP contribution in [0.2, 0.25) is 0 Å². The summed E-state index contributed by atoms with van der Waals surface area (Å²) in [7, 11) is 4.34. The van der Waals surface area contributed by atoms with Crippen molar-refractivity contribution in [2.24, 2.45) is 11.8 Å². The number of carbonyl (C=O) groups excluding carboxylic acids is 7. The number of hydrogen-bond donors (Lipinski definition) is 8. The van der Waals surface area contributed by atoms with E-state index in [1.54, 1.807) is 18.0 Å². The third-order valence-electron chi connectivity index (χ3n) is 10.3. The monoisotopic (exact) mass is 983 g/mol. The van der Waals surface area contributed by atoms with Gasteiger partial charge < -0.3 is 65.1 Å². The maximum Gasteiger partial charge on any atom is 0.410 e. The van der Waals surface area contributed by atoms with E-state index in [0.717, 1.165) is 16.3 Å². The van der Waals surface area contributed by atoms with Gasteiger partial charge in [0.2, 0.25) is 41.7 Å². The molecule has 5 atom stereocenters. The Morgan fingerprint density at radius 1 is 1.03 bits per heavy atom. The Bertz CT molecular complexity index is 1980. The van der Waals surface area contributed by atoms with Crippen molar-refractivity contribution >= 4 is 64.5 Å². The number of nitrogens with one attached hydrogen (secondary N) is 4. The molecule has 0 saturated carbocycles. The van der Waals surface area contributed by atoms with Crippen molar-refractivity contribution in [2.45, 2.75) is 76.7 Å². The molecule has 0 radical (unpaired) electrons. The number of carboxylic acid groups (broad SMARTS) is 1. The first kappa shape index (κ1) is 56.3. The third-order valence-corrected chi connectivity index (χ3v) is 11.1. The number of nitrogens with zero attached hydrogens (tertiary/aromatic N) is 4. The van der Waals surface area contributed by atoms with Crippen molar-refractivity contribution in [2.75, 3.05) is 79.1 Å². The van der Waals surface area contributed by atoms with Gasteiger partial charge in [-0.05, 0) is 37.0 Å². The highest BCUT2D eigenvalue weighted by Crippen LogP contribution is 2.29. The normalized spacial score (nSPS) is 15.0. The van der Waals surface area contributed by atoms with E-state index in [9.17, 15) is 48.6 Å². The molecule has 7 amide bonds. The number of benzene rings is 1. The summed E-state index contributed by atoms with van der Waals surface area (Å²) in [6.07, 6.45) is -1.50. The summed E-state index contributed by atoms with van der Waals surface area (Å²) in [5.41, 5.74) is 0.234. The lowest BCUT2D eigenvalue weighted by molar-refractivity contribution is -0.286. The number of aliphatic hydroxyl groups is 1. The molecule has 26 nitrogen and oxygen atoms in total. The van der Waals surface area contributed by atoms with E-state index in [1.165, 1.54) is 55.6 Å². The zero-order valence-corrected chi connectivity index (χ0v) is 39.0. The van der Waals surface area contributed by atoms with Gasteiger partial charge >= 0.3 is 12.1 Å². The highest BCUT2D eigenvalue weighted by atomic mass is 32.1. The lowest BCUT2D eigenvalue weighted by atomic mass is 9.94. The predicted octanol–water partition coefficient (Wildman–Crippen LogP) is -0.983. The van der Waals surface area contributed by atoms with E-state index in [1.807, 2.05) is 5.38 Å². The maximum absolute atomic E-state index is 13.3. The molecule has 0 aliphatic carbocycles. The van der Waals surface area contributed by atoms with Crippen LogP contribution in [-0.2, 0) is 70.6 Å². The topological polar surface area (TPSA) is 349 Å². The number of rotatable bonds is 30. The van der Waals surface area contributed by atoms with Crippen molar-refractivity contribution in [1.29, 1.82) is 0 Å². The molecule has 9 N–H and O–H groups in total. The first-order valence-corrected chi connectivity index (χ1v) is 22.2. The van der Waals surface area contributed by atoms with Gasteiger partial charge in [0, 0.05) is 65.3 Å². The Hall–Kier alpha value is -6.07. The van der Waals surface area contributed by atoms with Gasteiger partial charge in [0.1, 0.15) is 37.1 Å². The number of likely N-dealkylation sites (tertiary alicyclic amines) is 1. The summed E-state index contributed by atoms with van der Waals surface area (Å²) in [6, 6.07) is 3.74. The number of likely N-dealkylation sites (N-methyl/N-ethyl adjacent to an activating group) is 2. The predicted molar refractivity (Wildman–Crippen MR) is 237 cm³/mol. The second kappa shape index (κ2) is 29.6. The first-order valence-electron chi connectivity index (χ1n) is 21.3. The fourth-order valence-corrected chi connectivity index (χ4v) is 7.33. The van der Waals surface area contributed by atoms with Crippen LogP contribution in [0.3, 0.4) is 0 Å². The number of aliphatic hydroxyl groups excluding tert-OH is 1. The van der Waals surface area contributed by atoms with Crippen LogP contribution in [0.1, 0.15) is 49.6 Å². The van der Waals surface area contributed by atoms with Crippen molar-refractivity contribution in [3.05, 3.63) is 40.3 Å². The Balaban J connectivity index is 1.48. The third kappa shape index (κ3) is 18.9. The molecule has 2 aromatic rings. The van der Waals surface area contributed by atoms with Gasteiger partial charge in [0.15, 0.2) is 6.10 Å². The summed E-state index contributed by atoms with van der Waals surface area (Å²) < 4.78 is 21.9. The first-order chi connectivity index (χ1) is 32.5. The van der Waals surface area contributed by atoms with E-state index in [0.29, 0.717) is 25.9 Å². The number of ether oxygens (including phenoxy) is 4. The Kier molecular flexibility index (Phi) is 24.5. The van der Waals surface area contributed by atoms with Crippen molar-refractivity contribution in [1.82, 2.24) is 35.6 Å². The van der Waals surface area contributed by atoms with E-state index >= 15 is 0 Å². The smallest absolute Gasteiger partial charge is 0.410 e. The summed E-state index contributed by atoms with van der Waals surface area (Å²) in [6.45, 7) is -0.701. The average Bonchev–Trinajstić information content (AvgIpc) is 4.02. The van der Waals surface area contributed by atoms with Crippen LogP contribution in [-0.4, -0.2) is 181 Å². The van der Waals surface area contributed by atoms with Crippen molar-refractivity contribution in [3.8, 4) is 5.75 Å². The minimum Gasteiger partial charge on any atom is -0.479 e. The largest absolute Gasteiger partial charge is 0.479 e. The minimum absolute atomic E-state index is 0.0521. The number of hydrogen-bond acceptors (Lipinski definition) is 19. The van der Waals surface area contributed by atoms with E-state index in [-0.39, 0.29) is 67.3 Å². The Labute approximate surface area is 395 Å². The summed E-state index contributed by atoms with van der Waals surface area (Å²) >= 11 is 1.44. The lowest BCUT2D eigenvalue weighted by Gasteiger charge is -2.34. The van der Waals surface area contributed by atoms with Crippen LogP contribution in [0.4, 0.5) is 10.5 Å². The molecule has 1 aliphatic rings. The van der Waals surface area contributed by atoms with E-state index < -0.39 is 93.1 Å². The maximum atomic E-state index is 13.3. The number of carboxylic acids is 1. The van der Waals surface area contributed by atoms with Crippen molar-refractivity contribution in [3.63, 3.8) is 0 Å². The van der Waals surface area contributed by atoms with Gasteiger partial charge in [-0.1, -0.05) is 13.0 Å². The molecule has 27 heteroatoms. The molecule has 1 aliphatic heterocycles. The molecule has 1 aromatic carbocycles. The van der Waals surface area contributed by atoms with E-state index in [2.05, 4.69) is 36.0 Å². The zero-order valence-electron chi connectivity index (χ0n) is 38.2. The molecule has 1 fully saturated rings. The number of nitrogens with two attached hydrogens (primary N) is 1. The van der Waals surface area contributed by atoms with Gasteiger partial charge in [0.05, 0.1) is 43.4 Å². The molecule has 1 saturated heterocycles. The van der Waals surface area contributed by atoms with Gasteiger partial charge in [-0.25, -0.2) is 25.4 Å². The SMILES string of the molecule is CO[C@H]([C@@H](C)C(=O)NCc1nccs1)[C@@H]1CCCN1C(=O)CCCN(C)C(=O)CNC(=O)CN(C)C(=O)OCc1ccc(O[C@@H](COO)OC(CO)C(=O)O)c(NC(=O)CCNC(=O)CON)c1. The van der Waals surface area contributed by atoms with Gasteiger partial charge in [-0.15, -0.1) is 11.3 Å². The molecular weight excluding hydrogens is 923 g/mol. The second-order valence-corrected chi connectivity index (χ2v) is 16.3. The van der Waals surface area contributed by atoms with E-state index in [4.69, 9.17) is 30.1 Å². The van der Waals surface area contributed by atoms with Crippen LogP contribution in [0.15, 0.2) is 29.8 Å². The highest BCUT2D eigenvalue weighted by Gasteiger charge is 2.39. The van der Waals surface area contributed by atoms with Crippen LogP contribution >= 0.6 is 11.3 Å². The molecule has 378 valence electrons. The van der Waals surface area contributed by atoms with Gasteiger partial charge in [-0.3, -0.25) is 38.9 Å². The molecule has 68 heavy (non-hydrogen) atoms. The standard InChI is InChI=1S/C41H61N9O17S/c1-25(39(57)46-18-34-44-13-16-68-34)38(62-4)28-7-5-15-50(28)35(55)8-6-14-48(2)36(56)19-45-32(53)20-49(3)41(60)63-22-26-9-10-29(66-37(24-65-61)67-30(21-51)40(58)59)27(17-26)47-31(52)11-12-43-33(54)23-64-42/h9-10,13,16-17,25,28,30,37-38,51,61H,5-8,11-12,14-15,18-24,42H2,1-4H3,(H,43,54)(H,45,53)(H,46,57)(H,47,52)(H,58,59)/t25-,28+,30?,37-,38-/m1/s1. The number of thiazole rings is 1. The molecule has 1 aromatic heterocycles. The van der Waals surface area contributed by atoms with Crippen LogP contribution in [0.25, 0.3) is 0 Å². The quantitative estimate of drug-likeness (QED) is 0.0265. The fraction of sp³-hybridized carbons (Fsp3) is 0.585. The minimum atomic E-state index is -1.77. The Morgan fingerprint density at radius 3 is 2.46 bits per heavy atom. The van der Waals surface area contributed by atoms with Crippen LogP contribution in [0.5, 0.6) is 5.75 Å². The zero-order chi connectivity index (χ0) is 50.2.